The van der Waals surface area contributed by atoms with Crippen LogP contribution in [0.2, 0.25) is 5.02 Å². The first-order valence-electron chi connectivity index (χ1n) is 7.27. The third kappa shape index (κ3) is 2.75. The number of hydroxylamine groups is 2. The molecule has 0 bridgehead atoms. The highest BCUT2D eigenvalue weighted by Gasteiger charge is 2.40. The van der Waals surface area contributed by atoms with E-state index in [2.05, 4.69) is 0 Å². The van der Waals surface area contributed by atoms with Crippen LogP contribution in [-0.2, 0) is 16.2 Å². The van der Waals surface area contributed by atoms with Gasteiger partial charge in [0.2, 0.25) is 0 Å². The van der Waals surface area contributed by atoms with Crippen LogP contribution >= 0.6 is 11.6 Å². The van der Waals surface area contributed by atoms with E-state index in [0.29, 0.717) is 29.7 Å². The average Bonchev–Trinajstić information content (AvgIpc) is 2.66. The molecule has 5 nitrogen and oxygen atoms in total. The maximum atomic E-state index is 12.2. The normalized spacial score (nSPS) is 22.0. The zero-order valence-corrected chi connectivity index (χ0v) is 14.0. The zero-order chi connectivity index (χ0) is 16.1. The highest BCUT2D eigenvalue weighted by atomic mass is 35.5. The number of halogens is 1. The van der Waals surface area contributed by atoms with Crippen molar-refractivity contribution in [3.05, 3.63) is 22.7 Å². The first-order chi connectivity index (χ1) is 10.2. The molecule has 2 heterocycles. The van der Waals surface area contributed by atoms with Crippen molar-refractivity contribution in [1.29, 1.82) is 0 Å². The summed E-state index contributed by atoms with van der Waals surface area (Å²) >= 11 is 6.30. The van der Waals surface area contributed by atoms with Crippen LogP contribution in [0, 0.1) is 5.41 Å². The van der Waals surface area contributed by atoms with E-state index in [-0.39, 0.29) is 18.1 Å². The molecule has 22 heavy (non-hydrogen) atoms. The minimum absolute atomic E-state index is 0.0428. The van der Waals surface area contributed by atoms with Crippen molar-refractivity contribution >= 4 is 17.5 Å². The van der Waals surface area contributed by atoms with Crippen LogP contribution in [0.15, 0.2) is 12.1 Å². The highest BCUT2D eigenvalue weighted by Crippen LogP contribution is 2.40. The van der Waals surface area contributed by atoms with Gasteiger partial charge >= 0.3 is 0 Å². The second-order valence-corrected chi connectivity index (χ2v) is 7.45. The third-order valence-corrected chi connectivity index (χ3v) is 4.13. The van der Waals surface area contributed by atoms with Gasteiger partial charge in [-0.25, -0.2) is 5.06 Å². The van der Waals surface area contributed by atoms with E-state index in [1.54, 1.807) is 6.07 Å². The number of benzene rings is 1. The summed E-state index contributed by atoms with van der Waals surface area (Å²) in [6.45, 7) is 8.78. The summed E-state index contributed by atoms with van der Waals surface area (Å²) in [4.78, 5) is 17.7. The van der Waals surface area contributed by atoms with Gasteiger partial charge in [0.25, 0.3) is 5.91 Å². The van der Waals surface area contributed by atoms with E-state index < -0.39 is 5.41 Å². The van der Waals surface area contributed by atoms with Gasteiger partial charge in [-0.05, 0) is 39.3 Å². The Morgan fingerprint density at radius 3 is 2.55 bits per heavy atom. The second-order valence-electron chi connectivity index (χ2n) is 7.04. The van der Waals surface area contributed by atoms with E-state index in [1.807, 2.05) is 33.8 Å². The SMILES string of the molecule is CC1(C)COc2cc(Cl)c(CN3OCC(C)(C)C3=O)cc2O1. The number of fused-ring (bicyclic) bond motifs is 1. The molecule has 3 rings (SSSR count). The van der Waals surface area contributed by atoms with E-state index in [1.165, 1.54) is 5.06 Å². The van der Waals surface area contributed by atoms with Crippen LogP contribution in [0.3, 0.4) is 0 Å². The molecule has 2 aliphatic rings. The first-order valence-corrected chi connectivity index (χ1v) is 7.65. The molecule has 0 N–H and O–H groups in total. The predicted molar refractivity (Wildman–Crippen MR) is 81.9 cm³/mol. The first kappa shape index (κ1) is 15.4. The molecular formula is C16H20ClNO4. The average molecular weight is 326 g/mol. The molecule has 0 radical (unpaired) electrons. The van der Waals surface area contributed by atoms with E-state index >= 15 is 0 Å². The van der Waals surface area contributed by atoms with Crippen molar-refractivity contribution in [2.45, 2.75) is 39.8 Å². The molecule has 6 heteroatoms. The maximum absolute atomic E-state index is 12.2. The van der Waals surface area contributed by atoms with Crippen molar-refractivity contribution in [2.75, 3.05) is 13.2 Å². The zero-order valence-electron chi connectivity index (χ0n) is 13.2. The molecule has 0 spiro atoms. The fraction of sp³-hybridized carbons (Fsp3) is 0.562. The van der Waals surface area contributed by atoms with Crippen LogP contribution in [0.5, 0.6) is 11.5 Å². The molecule has 0 atom stereocenters. The molecule has 1 saturated heterocycles. The number of amides is 1. The van der Waals surface area contributed by atoms with Gasteiger partial charge in [0.05, 0.1) is 18.6 Å². The Morgan fingerprint density at radius 2 is 1.91 bits per heavy atom. The van der Waals surface area contributed by atoms with Crippen LogP contribution in [0.25, 0.3) is 0 Å². The Hall–Kier alpha value is -1.46. The number of nitrogens with zero attached hydrogens (tertiary/aromatic N) is 1. The molecule has 0 saturated carbocycles. The number of carbonyl (C=O) groups is 1. The van der Waals surface area contributed by atoms with E-state index in [9.17, 15) is 4.79 Å². The van der Waals surface area contributed by atoms with Gasteiger partial charge in [0.15, 0.2) is 11.5 Å². The summed E-state index contributed by atoms with van der Waals surface area (Å²) in [6, 6.07) is 3.55. The molecule has 0 unspecified atom stereocenters. The molecule has 1 aromatic rings. The summed E-state index contributed by atoms with van der Waals surface area (Å²) in [5.74, 6) is 1.22. The monoisotopic (exact) mass is 325 g/mol. The molecule has 1 fully saturated rings. The Kier molecular flexibility index (Phi) is 3.53. The number of hydrogen-bond donors (Lipinski definition) is 0. The van der Waals surface area contributed by atoms with Crippen molar-refractivity contribution < 1.29 is 19.1 Å². The van der Waals surface area contributed by atoms with Gasteiger partial charge in [-0.3, -0.25) is 9.63 Å². The smallest absolute Gasteiger partial charge is 0.254 e. The Morgan fingerprint density at radius 1 is 1.18 bits per heavy atom. The largest absolute Gasteiger partial charge is 0.485 e. The van der Waals surface area contributed by atoms with Crippen molar-refractivity contribution in [1.82, 2.24) is 5.06 Å². The minimum Gasteiger partial charge on any atom is -0.485 e. The molecular weight excluding hydrogens is 306 g/mol. The lowest BCUT2D eigenvalue weighted by molar-refractivity contribution is -0.165. The molecule has 2 aliphatic heterocycles. The molecule has 0 aromatic heterocycles. The highest BCUT2D eigenvalue weighted by molar-refractivity contribution is 6.31. The molecule has 1 amide bonds. The van der Waals surface area contributed by atoms with Crippen LogP contribution in [0.1, 0.15) is 33.3 Å². The Balaban J connectivity index is 1.85. The van der Waals surface area contributed by atoms with Gasteiger partial charge in [0.1, 0.15) is 12.2 Å². The molecule has 1 aromatic carbocycles. The van der Waals surface area contributed by atoms with Crippen LogP contribution in [-0.4, -0.2) is 29.8 Å². The second kappa shape index (κ2) is 5.03. The lowest BCUT2D eigenvalue weighted by Gasteiger charge is -2.33. The number of rotatable bonds is 2. The topological polar surface area (TPSA) is 48.0 Å². The van der Waals surface area contributed by atoms with Gasteiger partial charge in [0, 0.05) is 11.1 Å². The van der Waals surface area contributed by atoms with Crippen LogP contribution in [0.4, 0.5) is 0 Å². The quantitative estimate of drug-likeness (QED) is 0.838. The standard InChI is InChI=1S/C16H20ClNO4/c1-15(2)8-21-18(14(15)19)7-10-5-13-12(6-11(10)17)20-9-16(3,4)22-13/h5-6H,7-9H2,1-4H3. The number of carbonyl (C=O) groups excluding carboxylic acids is 1. The van der Waals surface area contributed by atoms with Gasteiger partial charge < -0.3 is 9.47 Å². The minimum atomic E-state index is -0.498. The maximum Gasteiger partial charge on any atom is 0.254 e. The lowest BCUT2D eigenvalue weighted by atomic mass is 9.95. The van der Waals surface area contributed by atoms with Crippen molar-refractivity contribution in [3.8, 4) is 11.5 Å². The molecule has 120 valence electrons. The fourth-order valence-corrected chi connectivity index (χ4v) is 2.65. The van der Waals surface area contributed by atoms with Crippen LogP contribution < -0.4 is 9.47 Å². The summed E-state index contributed by atoms with van der Waals surface area (Å²) in [5, 5.41) is 1.89. The third-order valence-electron chi connectivity index (χ3n) is 3.77. The van der Waals surface area contributed by atoms with Gasteiger partial charge in [-0.2, -0.15) is 0 Å². The summed E-state index contributed by atoms with van der Waals surface area (Å²) in [7, 11) is 0. The Bertz CT molecular complexity index is 627. The fourth-order valence-electron chi connectivity index (χ4n) is 2.44. The van der Waals surface area contributed by atoms with E-state index in [0.717, 1.165) is 5.56 Å². The summed E-state index contributed by atoms with van der Waals surface area (Å²) in [6.07, 6.45) is 0. The summed E-state index contributed by atoms with van der Waals surface area (Å²) in [5.41, 5.74) is -0.115. The predicted octanol–water partition coefficient (Wildman–Crippen LogP) is 3.19. The number of ether oxygens (including phenoxy) is 2. The van der Waals surface area contributed by atoms with Gasteiger partial charge in [-0.1, -0.05) is 11.6 Å². The van der Waals surface area contributed by atoms with Gasteiger partial charge in [-0.15, -0.1) is 0 Å². The molecule has 0 aliphatic carbocycles. The summed E-state index contributed by atoms with van der Waals surface area (Å²) < 4.78 is 11.6. The van der Waals surface area contributed by atoms with Crippen molar-refractivity contribution in [2.24, 2.45) is 5.41 Å². The van der Waals surface area contributed by atoms with E-state index in [4.69, 9.17) is 25.9 Å². The Labute approximate surface area is 135 Å². The van der Waals surface area contributed by atoms with Crippen molar-refractivity contribution in [3.63, 3.8) is 0 Å². The lowest BCUT2D eigenvalue weighted by Crippen LogP contribution is -2.38. The number of hydrogen-bond acceptors (Lipinski definition) is 4.